The molecule has 0 spiro atoms. The molecule has 4 nitrogen and oxygen atoms in total. The van der Waals surface area contributed by atoms with Gasteiger partial charge in [0.05, 0.1) is 14.2 Å². The number of hydrogen-bond donors (Lipinski definition) is 0. The van der Waals surface area contributed by atoms with Gasteiger partial charge in [-0.3, -0.25) is 4.79 Å². The van der Waals surface area contributed by atoms with Gasteiger partial charge in [-0.25, -0.2) is 0 Å². The lowest BCUT2D eigenvalue weighted by molar-refractivity contribution is -0.118. The highest BCUT2D eigenvalue weighted by Gasteiger charge is 1.97. The van der Waals surface area contributed by atoms with Crippen LogP contribution in [0.2, 0.25) is 0 Å². The van der Waals surface area contributed by atoms with Gasteiger partial charge in [-0.05, 0) is 31.2 Å². The molecule has 0 N–H and O–H groups in total. The van der Waals surface area contributed by atoms with Crippen molar-refractivity contribution in [3.63, 3.8) is 0 Å². The Morgan fingerprint density at radius 3 is 1.95 bits per heavy atom. The van der Waals surface area contributed by atoms with E-state index in [9.17, 15) is 4.79 Å². The van der Waals surface area contributed by atoms with Crippen LogP contribution in [0.1, 0.15) is 6.92 Å². The first-order chi connectivity index (χ1) is 10.2. The third-order valence-corrected chi connectivity index (χ3v) is 2.46. The van der Waals surface area contributed by atoms with Crippen molar-refractivity contribution in [2.75, 3.05) is 20.8 Å². The molecule has 0 saturated heterocycles. The summed E-state index contributed by atoms with van der Waals surface area (Å²) < 4.78 is 15.1. The fourth-order valence-corrected chi connectivity index (χ4v) is 1.43. The van der Waals surface area contributed by atoms with Crippen molar-refractivity contribution >= 4 is 5.78 Å². The zero-order valence-electron chi connectivity index (χ0n) is 12.5. The molecular weight excluding hydrogens is 268 g/mol. The Balaban J connectivity index is 0.000000235. The van der Waals surface area contributed by atoms with Crippen LogP contribution >= 0.6 is 0 Å². The van der Waals surface area contributed by atoms with Gasteiger partial charge in [0.25, 0.3) is 0 Å². The molecule has 0 aliphatic rings. The fraction of sp³-hybridized carbons (Fsp3) is 0.235. The van der Waals surface area contributed by atoms with Crippen LogP contribution in [0.4, 0.5) is 0 Å². The van der Waals surface area contributed by atoms with Crippen molar-refractivity contribution in [2.45, 2.75) is 6.92 Å². The highest BCUT2D eigenvalue weighted by Crippen LogP contribution is 2.18. The van der Waals surface area contributed by atoms with Crippen molar-refractivity contribution in [1.29, 1.82) is 0 Å². The quantitative estimate of drug-likeness (QED) is 0.846. The number of ketones is 1. The molecule has 21 heavy (non-hydrogen) atoms. The van der Waals surface area contributed by atoms with E-state index in [-0.39, 0.29) is 12.4 Å². The van der Waals surface area contributed by atoms with Gasteiger partial charge in [-0.1, -0.05) is 24.3 Å². The van der Waals surface area contributed by atoms with Crippen LogP contribution in [0.25, 0.3) is 0 Å². The molecule has 112 valence electrons. The molecule has 0 aliphatic heterocycles. The Hall–Kier alpha value is -2.49. The second kappa shape index (κ2) is 9.42. The van der Waals surface area contributed by atoms with Gasteiger partial charge in [0.15, 0.2) is 5.78 Å². The lowest BCUT2D eigenvalue weighted by Gasteiger charge is -2.05. The molecule has 0 aromatic heterocycles. The summed E-state index contributed by atoms with van der Waals surface area (Å²) >= 11 is 0. The van der Waals surface area contributed by atoms with E-state index < -0.39 is 0 Å². The summed E-state index contributed by atoms with van der Waals surface area (Å²) in [5, 5.41) is 0. The van der Waals surface area contributed by atoms with Crippen molar-refractivity contribution < 1.29 is 19.0 Å². The molecule has 0 bridgehead atoms. The first kappa shape index (κ1) is 16.6. The van der Waals surface area contributed by atoms with E-state index >= 15 is 0 Å². The zero-order valence-corrected chi connectivity index (χ0v) is 12.5. The Labute approximate surface area is 125 Å². The monoisotopic (exact) mass is 288 g/mol. The average Bonchev–Trinajstić information content (AvgIpc) is 2.54. The number of carbonyl (C=O) groups is 1. The normalized spacial score (nSPS) is 9.10. The van der Waals surface area contributed by atoms with Gasteiger partial charge in [0.2, 0.25) is 0 Å². The minimum atomic E-state index is 0.00261. The molecule has 2 aromatic carbocycles. The number of rotatable bonds is 5. The van der Waals surface area contributed by atoms with Crippen LogP contribution in [0.3, 0.4) is 0 Å². The Morgan fingerprint density at radius 2 is 1.43 bits per heavy atom. The van der Waals surface area contributed by atoms with E-state index in [1.54, 1.807) is 26.4 Å². The van der Waals surface area contributed by atoms with Gasteiger partial charge < -0.3 is 14.2 Å². The molecule has 4 heteroatoms. The number of hydrogen-bond acceptors (Lipinski definition) is 4. The van der Waals surface area contributed by atoms with Crippen LogP contribution in [0, 0.1) is 0 Å². The molecule has 0 amide bonds. The van der Waals surface area contributed by atoms with Crippen molar-refractivity contribution in [2.24, 2.45) is 0 Å². The predicted molar refractivity (Wildman–Crippen MR) is 82.2 cm³/mol. The van der Waals surface area contributed by atoms with Gasteiger partial charge in [-0.15, -0.1) is 0 Å². The maximum Gasteiger partial charge on any atom is 0.167 e. The molecule has 0 radical (unpaired) electrons. The van der Waals surface area contributed by atoms with Crippen LogP contribution < -0.4 is 14.2 Å². The number of methoxy groups -OCH3 is 2. The average molecular weight is 288 g/mol. The molecule has 0 aliphatic carbocycles. The van der Waals surface area contributed by atoms with Gasteiger partial charge in [0.1, 0.15) is 23.9 Å². The Bertz CT molecular complexity index is 537. The molecule has 0 fully saturated rings. The van der Waals surface area contributed by atoms with Crippen molar-refractivity contribution in [3.05, 3.63) is 54.6 Å². The lowest BCUT2D eigenvalue weighted by atomic mass is 10.3. The van der Waals surface area contributed by atoms with E-state index in [2.05, 4.69) is 0 Å². The standard InChI is InChI=1S/C10H12O3.C7H8O/c1-8(11)7-13-10-5-3-4-9(6-10)12-2;1-8-7-5-3-2-4-6-7/h3-6H,7H2,1-2H3;2-6H,1H3. The molecule has 0 unspecified atom stereocenters. The number of ether oxygens (including phenoxy) is 3. The Kier molecular flexibility index (Phi) is 7.43. The van der Waals surface area contributed by atoms with Gasteiger partial charge >= 0.3 is 0 Å². The highest BCUT2D eigenvalue weighted by molar-refractivity contribution is 5.77. The van der Waals surface area contributed by atoms with Crippen molar-refractivity contribution in [3.8, 4) is 17.2 Å². The summed E-state index contributed by atoms with van der Waals surface area (Å²) in [6.07, 6.45) is 0. The maximum atomic E-state index is 10.6. The Morgan fingerprint density at radius 1 is 0.857 bits per heavy atom. The lowest BCUT2D eigenvalue weighted by Crippen LogP contribution is -2.06. The molecule has 0 saturated carbocycles. The van der Waals surface area contributed by atoms with Crippen LogP contribution in [-0.4, -0.2) is 26.6 Å². The van der Waals surface area contributed by atoms with Crippen LogP contribution in [-0.2, 0) is 4.79 Å². The largest absolute Gasteiger partial charge is 0.497 e. The van der Waals surface area contributed by atoms with E-state index in [0.29, 0.717) is 5.75 Å². The number of carbonyl (C=O) groups excluding carboxylic acids is 1. The summed E-state index contributed by atoms with van der Waals surface area (Å²) in [6.45, 7) is 1.59. The van der Waals surface area contributed by atoms with E-state index in [4.69, 9.17) is 14.2 Å². The van der Waals surface area contributed by atoms with E-state index in [0.717, 1.165) is 11.5 Å². The smallest absolute Gasteiger partial charge is 0.167 e. The molecule has 2 rings (SSSR count). The SMILES string of the molecule is COc1cccc(OCC(C)=O)c1.COc1ccccc1. The summed E-state index contributed by atoms with van der Waals surface area (Å²) in [5.41, 5.74) is 0. The van der Waals surface area contributed by atoms with Gasteiger partial charge in [-0.2, -0.15) is 0 Å². The number of benzene rings is 2. The molecular formula is C17H20O4. The van der Waals surface area contributed by atoms with E-state index in [1.807, 2.05) is 42.5 Å². The van der Waals surface area contributed by atoms with Crippen molar-refractivity contribution in [1.82, 2.24) is 0 Å². The minimum Gasteiger partial charge on any atom is -0.497 e. The second-order valence-electron chi connectivity index (χ2n) is 4.19. The first-order valence-electron chi connectivity index (χ1n) is 6.51. The van der Waals surface area contributed by atoms with Gasteiger partial charge in [0, 0.05) is 6.07 Å². The summed E-state index contributed by atoms with van der Waals surface area (Å²) in [5.74, 6) is 2.28. The topological polar surface area (TPSA) is 44.8 Å². The van der Waals surface area contributed by atoms with Crippen LogP contribution in [0.5, 0.6) is 17.2 Å². The molecule has 0 atom stereocenters. The highest BCUT2D eigenvalue weighted by atomic mass is 16.5. The summed E-state index contributed by atoms with van der Waals surface area (Å²) in [6, 6.07) is 16.8. The molecule has 2 aromatic rings. The summed E-state index contributed by atoms with van der Waals surface area (Å²) in [7, 11) is 3.25. The number of Topliss-reactive ketones (excluding diaryl/α,β-unsaturated/α-hetero) is 1. The molecule has 0 heterocycles. The second-order valence-corrected chi connectivity index (χ2v) is 4.19. The fourth-order valence-electron chi connectivity index (χ4n) is 1.43. The first-order valence-corrected chi connectivity index (χ1v) is 6.51. The zero-order chi connectivity index (χ0) is 15.5. The minimum absolute atomic E-state index is 0.00261. The van der Waals surface area contributed by atoms with Crippen LogP contribution in [0.15, 0.2) is 54.6 Å². The third kappa shape index (κ3) is 7.01. The van der Waals surface area contributed by atoms with E-state index in [1.165, 1.54) is 6.92 Å². The third-order valence-electron chi connectivity index (χ3n) is 2.46. The summed E-state index contributed by atoms with van der Waals surface area (Å²) in [4.78, 5) is 10.6. The maximum absolute atomic E-state index is 10.6. The number of para-hydroxylation sites is 1. The predicted octanol–water partition coefficient (Wildman–Crippen LogP) is 3.36.